The maximum absolute atomic E-state index is 12.4. The normalized spacial score (nSPS) is 12.5. The number of rotatable bonds is 14. The van der Waals surface area contributed by atoms with Gasteiger partial charge in [-0.25, -0.2) is 13.4 Å². The number of nitrogens with zero attached hydrogens (tertiary/aromatic N) is 3. The van der Waals surface area contributed by atoms with Gasteiger partial charge in [0.25, 0.3) is 0 Å². The van der Waals surface area contributed by atoms with E-state index in [1.54, 1.807) is 16.8 Å². The number of nitrogens with one attached hydrogen (secondary N) is 2. The summed E-state index contributed by atoms with van der Waals surface area (Å²) in [5.74, 6) is 0.765. The van der Waals surface area contributed by atoms with Gasteiger partial charge in [-0.05, 0) is 30.7 Å². The summed E-state index contributed by atoms with van der Waals surface area (Å²) in [5.41, 5.74) is 3.24. The lowest BCUT2D eigenvalue weighted by molar-refractivity contribution is 0.557. The van der Waals surface area contributed by atoms with Crippen LogP contribution in [0.4, 0.5) is 5.69 Å². The Balaban J connectivity index is 1.43. The van der Waals surface area contributed by atoms with Gasteiger partial charge in [-0.1, -0.05) is 85.5 Å². The molecule has 0 atom stereocenters. The molecule has 0 radical (unpaired) electrons. The minimum absolute atomic E-state index is 0.00472. The Morgan fingerprint density at radius 1 is 0.912 bits per heavy atom. The van der Waals surface area contributed by atoms with Crippen molar-refractivity contribution in [2.75, 3.05) is 10.5 Å². The molecule has 1 aromatic carbocycles. The van der Waals surface area contributed by atoms with Crippen LogP contribution >= 0.6 is 0 Å². The Kier molecular flexibility index (Phi) is 9.17. The summed E-state index contributed by atoms with van der Waals surface area (Å²) in [7, 11) is -3.34. The van der Waals surface area contributed by atoms with E-state index >= 15 is 0 Å². The van der Waals surface area contributed by atoms with E-state index in [4.69, 9.17) is 0 Å². The highest BCUT2D eigenvalue weighted by Crippen LogP contribution is 2.24. The topological polar surface area (TPSA) is 92.1 Å². The van der Waals surface area contributed by atoms with Gasteiger partial charge in [0.1, 0.15) is 0 Å². The highest BCUT2D eigenvalue weighted by Gasteiger charge is 2.18. The zero-order valence-electron chi connectivity index (χ0n) is 21.2. The molecule has 2 heterocycles. The zero-order chi connectivity index (χ0) is 24.6. The van der Waals surface area contributed by atoms with Crippen molar-refractivity contribution in [1.29, 1.82) is 0 Å². The minimum Gasteiger partial charge on any atom is -0.284 e. The van der Waals surface area contributed by atoms with Gasteiger partial charge < -0.3 is 0 Å². The second kappa shape index (κ2) is 11.9. The highest BCUT2D eigenvalue weighted by molar-refractivity contribution is 7.92. The van der Waals surface area contributed by atoms with Gasteiger partial charge in [-0.2, -0.15) is 4.63 Å². The van der Waals surface area contributed by atoms with E-state index in [9.17, 15) is 8.42 Å². The van der Waals surface area contributed by atoms with Gasteiger partial charge in [0.2, 0.25) is 10.0 Å². The number of fused-ring (bicyclic) bond motifs is 1. The van der Waals surface area contributed by atoms with E-state index in [2.05, 4.69) is 47.6 Å². The number of sulfonamides is 1. The van der Waals surface area contributed by atoms with E-state index < -0.39 is 10.0 Å². The molecular weight excluding hydrogens is 446 g/mol. The standard InChI is InChI=1S/C26H41N5O2S/c1-5-6-7-8-9-10-11-12-13-14-19-34(32,33)30-22-17-15-21(16-18-22)25-27-24-20-23(26(2,3)4)28-31(24)29-25/h15-18,20,28,30H,5-14,19H2,1-4H3. The molecule has 8 heteroatoms. The Labute approximate surface area is 204 Å². The molecule has 0 saturated carbocycles. The van der Waals surface area contributed by atoms with E-state index in [1.807, 2.05) is 18.2 Å². The average molecular weight is 488 g/mol. The summed E-state index contributed by atoms with van der Waals surface area (Å²) < 4.78 is 29.3. The van der Waals surface area contributed by atoms with Gasteiger partial charge in [0.15, 0.2) is 11.5 Å². The van der Waals surface area contributed by atoms with Crippen molar-refractivity contribution >= 4 is 21.4 Å². The van der Waals surface area contributed by atoms with Crippen molar-refractivity contribution in [2.24, 2.45) is 0 Å². The number of aromatic nitrogens is 4. The van der Waals surface area contributed by atoms with Crippen molar-refractivity contribution in [3.8, 4) is 11.4 Å². The van der Waals surface area contributed by atoms with Crippen LogP contribution in [0.25, 0.3) is 17.0 Å². The number of anilines is 1. The molecular formula is C26H41N5O2S. The summed E-state index contributed by atoms with van der Waals surface area (Å²) >= 11 is 0. The number of unbranched alkanes of at least 4 members (excludes halogenated alkanes) is 9. The summed E-state index contributed by atoms with van der Waals surface area (Å²) in [5, 5.41) is 7.79. The van der Waals surface area contributed by atoms with Gasteiger partial charge in [-0.3, -0.25) is 9.82 Å². The lowest BCUT2D eigenvalue weighted by atomic mass is 9.93. The van der Waals surface area contributed by atoms with Crippen LogP contribution < -0.4 is 4.72 Å². The molecule has 34 heavy (non-hydrogen) atoms. The van der Waals surface area contributed by atoms with Crippen molar-refractivity contribution in [1.82, 2.24) is 19.8 Å². The third-order valence-electron chi connectivity index (χ3n) is 6.12. The Morgan fingerprint density at radius 3 is 2.06 bits per heavy atom. The van der Waals surface area contributed by atoms with E-state index in [-0.39, 0.29) is 11.2 Å². The fourth-order valence-corrected chi connectivity index (χ4v) is 5.16. The average Bonchev–Trinajstić information content (AvgIpc) is 3.35. The summed E-state index contributed by atoms with van der Waals surface area (Å²) in [6.07, 6.45) is 11.8. The van der Waals surface area contributed by atoms with Crippen LogP contribution in [0.5, 0.6) is 0 Å². The molecule has 0 saturated heterocycles. The molecule has 0 bridgehead atoms. The van der Waals surface area contributed by atoms with Crippen LogP contribution in [-0.4, -0.2) is 34.0 Å². The van der Waals surface area contributed by atoms with Crippen molar-refractivity contribution in [3.63, 3.8) is 0 Å². The number of H-pyrrole nitrogens is 1. The van der Waals surface area contributed by atoms with Gasteiger partial charge in [-0.15, -0.1) is 5.10 Å². The van der Waals surface area contributed by atoms with Crippen LogP contribution in [0.15, 0.2) is 30.3 Å². The number of benzene rings is 1. The number of aromatic amines is 1. The third-order valence-corrected chi connectivity index (χ3v) is 7.50. The highest BCUT2D eigenvalue weighted by atomic mass is 32.2. The quantitative estimate of drug-likeness (QED) is 0.248. The predicted molar refractivity (Wildman–Crippen MR) is 141 cm³/mol. The summed E-state index contributed by atoms with van der Waals surface area (Å²) in [4.78, 5) is 4.59. The third kappa shape index (κ3) is 7.86. The fraction of sp³-hybridized carbons (Fsp3) is 0.615. The van der Waals surface area contributed by atoms with Crippen molar-refractivity contribution in [3.05, 3.63) is 36.0 Å². The molecule has 0 unspecified atom stereocenters. The molecule has 0 amide bonds. The van der Waals surface area contributed by atoms with Crippen molar-refractivity contribution < 1.29 is 8.42 Å². The maximum atomic E-state index is 12.4. The monoisotopic (exact) mass is 487 g/mol. The first-order chi connectivity index (χ1) is 16.2. The summed E-state index contributed by atoms with van der Waals surface area (Å²) in [6.45, 7) is 8.64. The Hall–Kier alpha value is -2.35. The molecule has 7 nitrogen and oxygen atoms in total. The maximum Gasteiger partial charge on any atom is 0.232 e. The Morgan fingerprint density at radius 2 is 1.50 bits per heavy atom. The van der Waals surface area contributed by atoms with E-state index in [1.165, 1.54) is 44.9 Å². The molecule has 3 aromatic rings. The molecule has 0 aliphatic heterocycles. The minimum atomic E-state index is -3.34. The first kappa shape index (κ1) is 26.3. The molecule has 0 aliphatic carbocycles. The van der Waals surface area contributed by atoms with Gasteiger partial charge in [0, 0.05) is 28.4 Å². The second-order valence-corrected chi connectivity index (χ2v) is 12.1. The van der Waals surface area contributed by atoms with Crippen LogP contribution in [0, 0.1) is 0 Å². The van der Waals surface area contributed by atoms with Crippen LogP contribution in [0.1, 0.15) is 97.6 Å². The van der Waals surface area contributed by atoms with E-state index in [0.717, 1.165) is 29.7 Å². The van der Waals surface area contributed by atoms with Gasteiger partial charge >= 0.3 is 0 Å². The molecule has 3 rings (SSSR count). The smallest absolute Gasteiger partial charge is 0.232 e. The molecule has 2 aromatic heterocycles. The van der Waals surface area contributed by atoms with E-state index in [0.29, 0.717) is 17.9 Å². The molecule has 0 aliphatic rings. The molecule has 0 fully saturated rings. The van der Waals surface area contributed by atoms with Crippen LogP contribution in [-0.2, 0) is 15.4 Å². The van der Waals surface area contributed by atoms with Crippen LogP contribution in [0.2, 0.25) is 0 Å². The zero-order valence-corrected chi connectivity index (χ0v) is 22.0. The largest absolute Gasteiger partial charge is 0.284 e. The number of hydrogen-bond acceptors (Lipinski definition) is 4. The molecule has 2 N–H and O–H groups in total. The van der Waals surface area contributed by atoms with Gasteiger partial charge in [0.05, 0.1) is 5.75 Å². The Bertz CT molecular complexity index is 1090. The first-order valence-corrected chi connectivity index (χ1v) is 14.4. The first-order valence-electron chi connectivity index (χ1n) is 12.7. The SMILES string of the molecule is CCCCCCCCCCCCS(=O)(=O)Nc1ccc(-c2nc3cc(C(C)(C)C)[nH]n3n2)cc1. The number of hydrogen-bond donors (Lipinski definition) is 2. The molecule has 188 valence electrons. The van der Waals surface area contributed by atoms with Crippen LogP contribution in [0.3, 0.4) is 0 Å². The predicted octanol–water partition coefficient (Wildman–Crippen LogP) is 6.68. The summed E-state index contributed by atoms with van der Waals surface area (Å²) in [6, 6.07) is 9.23. The lowest BCUT2D eigenvalue weighted by Crippen LogP contribution is -2.16. The van der Waals surface area contributed by atoms with Crippen molar-refractivity contribution in [2.45, 2.75) is 97.3 Å². The second-order valence-electron chi connectivity index (χ2n) is 10.3. The molecule has 0 spiro atoms. The fourth-order valence-electron chi connectivity index (χ4n) is 3.98. The lowest BCUT2D eigenvalue weighted by Gasteiger charge is -2.14.